The van der Waals surface area contributed by atoms with Crippen LogP contribution in [0.15, 0.2) is 39.9 Å². The summed E-state index contributed by atoms with van der Waals surface area (Å²) in [5, 5.41) is 2.79. The third kappa shape index (κ3) is 2.75. The Labute approximate surface area is 107 Å². The number of hydrogen-bond donors (Lipinski definition) is 1. The second-order valence-corrected chi connectivity index (χ2v) is 4.01. The third-order valence-electron chi connectivity index (χ3n) is 2.19. The zero-order valence-electron chi connectivity index (χ0n) is 9.44. The Balaban J connectivity index is 2.23. The molecule has 0 spiro atoms. The van der Waals surface area contributed by atoms with Gasteiger partial charge in [-0.2, -0.15) is 0 Å². The first kappa shape index (κ1) is 12.3. The van der Waals surface area contributed by atoms with E-state index < -0.39 is 11.5 Å². The van der Waals surface area contributed by atoms with E-state index in [0.717, 1.165) is 11.8 Å². The van der Waals surface area contributed by atoms with Crippen molar-refractivity contribution in [2.75, 3.05) is 5.32 Å². The van der Waals surface area contributed by atoms with Crippen LogP contribution in [-0.2, 0) is 0 Å². The Kier molecular flexibility index (Phi) is 3.43. The summed E-state index contributed by atoms with van der Waals surface area (Å²) in [4.78, 5) is 26.5. The van der Waals surface area contributed by atoms with E-state index in [4.69, 9.17) is 11.6 Å². The van der Waals surface area contributed by atoms with Gasteiger partial charge in [0, 0.05) is 12.3 Å². The fourth-order valence-corrected chi connectivity index (χ4v) is 1.47. The molecule has 2 aromatic rings. The lowest BCUT2D eigenvalue weighted by Crippen LogP contribution is -2.13. The summed E-state index contributed by atoms with van der Waals surface area (Å²) in [6.07, 6.45) is 2.69. The lowest BCUT2D eigenvalue weighted by molar-refractivity contribution is 0.102. The summed E-state index contributed by atoms with van der Waals surface area (Å²) in [6.45, 7) is 1.83. The van der Waals surface area contributed by atoms with Crippen LogP contribution < -0.4 is 10.9 Å². The Morgan fingerprint density at radius 2 is 2.22 bits per heavy atom. The van der Waals surface area contributed by atoms with Crippen molar-refractivity contribution in [3.8, 4) is 0 Å². The first-order chi connectivity index (χ1) is 8.56. The largest absolute Gasteiger partial charge is 0.430 e. The topological polar surface area (TPSA) is 72.2 Å². The maximum atomic E-state index is 11.8. The summed E-state index contributed by atoms with van der Waals surface area (Å²) >= 11 is 5.85. The molecule has 0 fully saturated rings. The normalized spacial score (nSPS) is 10.1. The minimum atomic E-state index is -0.512. The number of carbonyl (C=O) groups excluding carboxylic acids is 1. The Morgan fingerprint density at radius 3 is 2.89 bits per heavy atom. The van der Waals surface area contributed by atoms with Gasteiger partial charge in [0.05, 0.1) is 11.3 Å². The lowest BCUT2D eigenvalue weighted by Gasteiger charge is -2.06. The molecule has 0 atom stereocenters. The molecule has 0 bridgehead atoms. The van der Waals surface area contributed by atoms with E-state index in [1.165, 1.54) is 12.1 Å². The maximum absolute atomic E-state index is 11.8. The van der Waals surface area contributed by atoms with Gasteiger partial charge in [-0.25, -0.2) is 9.78 Å². The smallest absolute Gasteiger partial charge is 0.335 e. The molecule has 0 aromatic carbocycles. The highest BCUT2D eigenvalue weighted by molar-refractivity contribution is 6.32. The number of aromatic nitrogens is 1. The predicted molar refractivity (Wildman–Crippen MR) is 66.9 cm³/mol. The fourth-order valence-electron chi connectivity index (χ4n) is 1.32. The van der Waals surface area contributed by atoms with E-state index in [1.807, 2.05) is 6.92 Å². The van der Waals surface area contributed by atoms with Crippen LogP contribution >= 0.6 is 11.6 Å². The van der Waals surface area contributed by atoms with Crippen LogP contribution in [0, 0.1) is 6.92 Å². The van der Waals surface area contributed by atoms with Crippen molar-refractivity contribution in [2.24, 2.45) is 0 Å². The van der Waals surface area contributed by atoms with Crippen molar-refractivity contribution >= 4 is 23.2 Å². The van der Waals surface area contributed by atoms with Crippen LogP contribution in [0.5, 0.6) is 0 Å². The molecule has 18 heavy (non-hydrogen) atoms. The van der Waals surface area contributed by atoms with Gasteiger partial charge in [0.2, 0.25) is 0 Å². The Hall–Kier alpha value is -2.14. The molecule has 0 unspecified atom stereocenters. The lowest BCUT2D eigenvalue weighted by atomic mass is 10.2. The van der Waals surface area contributed by atoms with Gasteiger partial charge < -0.3 is 9.73 Å². The number of rotatable bonds is 2. The van der Waals surface area contributed by atoms with Crippen LogP contribution in [0.25, 0.3) is 0 Å². The second kappa shape index (κ2) is 5.01. The van der Waals surface area contributed by atoms with Crippen molar-refractivity contribution in [1.82, 2.24) is 4.98 Å². The standard InChI is InChI=1S/C12H9ClN2O3/c1-7-4-9(11(13)14-5-7)15-12(17)8-2-3-10(16)18-6-8/h2-6H,1H3,(H,15,17). The molecule has 1 N–H and O–H groups in total. The molecule has 0 saturated carbocycles. The van der Waals surface area contributed by atoms with Crippen LogP contribution in [0.3, 0.4) is 0 Å². The highest BCUT2D eigenvalue weighted by Crippen LogP contribution is 2.20. The number of amides is 1. The molecule has 2 heterocycles. The van der Waals surface area contributed by atoms with Gasteiger partial charge in [0.1, 0.15) is 6.26 Å². The van der Waals surface area contributed by atoms with Gasteiger partial charge in [0.25, 0.3) is 5.91 Å². The molecule has 0 aliphatic rings. The number of carbonyl (C=O) groups is 1. The molecule has 6 heteroatoms. The fraction of sp³-hybridized carbons (Fsp3) is 0.0833. The molecular formula is C12H9ClN2O3. The van der Waals surface area contributed by atoms with Crippen molar-refractivity contribution < 1.29 is 9.21 Å². The number of hydrogen-bond acceptors (Lipinski definition) is 4. The predicted octanol–water partition coefficient (Wildman–Crippen LogP) is 2.25. The minimum Gasteiger partial charge on any atom is -0.430 e. The van der Waals surface area contributed by atoms with Crippen molar-refractivity contribution in [3.05, 3.63) is 57.4 Å². The van der Waals surface area contributed by atoms with Crippen LogP contribution in [-0.4, -0.2) is 10.9 Å². The van der Waals surface area contributed by atoms with E-state index in [2.05, 4.69) is 14.7 Å². The number of halogens is 1. The van der Waals surface area contributed by atoms with E-state index in [-0.39, 0.29) is 10.7 Å². The molecule has 2 rings (SSSR count). The molecule has 1 amide bonds. The van der Waals surface area contributed by atoms with E-state index >= 15 is 0 Å². The first-order valence-corrected chi connectivity index (χ1v) is 5.46. The van der Waals surface area contributed by atoms with Crippen molar-refractivity contribution in [2.45, 2.75) is 6.92 Å². The molecule has 2 aromatic heterocycles. The Bertz CT molecular complexity index is 632. The van der Waals surface area contributed by atoms with Crippen LogP contribution in [0.4, 0.5) is 5.69 Å². The second-order valence-electron chi connectivity index (χ2n) is 3.65. The SMILES string of the molecule is Cc1cnc(Cl)c(NC(=O)c2ccc(=O)oc2)c1. The van der Waals surface area contributed by atoms with Gasteiger partial charge in [-0.3, -0.25) is 4.79 Å². The molecule has 92 valence electrons. The zero-order chi connectivity index (χ0) is 13.1. The average Bonchev–Trinajstić information content (AvgIpc) is 2.34. The van der Waals surface area contributed by atoms with E-state index in [0.29, 0.717) is 5.69 Å². The first-order valence-electron chi connectivity index (χ1n) is 5.08. The van der Waals surface area contributed by atoms with Crippen LogP contribution in [0.1, 0.15) is 15.9 Å². The average molecular weight is 265 g/mol. The molecule has 0 saturated heterocycles. The minimum absolute atomic E-state index is 0.200. The summed E-state index contributed by atoms with van der Waals surface area (Å²) < 4.78 is 4.61. The quantitative estimate of drug-likeness (QED) is 0.845. The summed E-state index contributed by atoms with van der Waals surface area (Å²) in [6, 6.07) is 4.25. The van der Waals surface area contributed by atoms with E-state index in [9.17, 15) is 9.59 Å². The molecule has 0 aliphatic carbocycles. The van der Waals surface area contributed by atoms with Crippen LogP contribution in [0.2, 0.25) is 5.15 Å². The zero-order valence-corrected chi connectivity index (χ0v) is 10.2. The molecular weight excluding hydrogens is 256 g/mol. The summed E-state index contributed by atoms with van der Waals surface area (Å²) in [7, 11) is 0. The molecule has 0 radical (unpaired) electrons. The van der Waals surface area contributed by atoms with Gasteiger partial charge in [0.15, 0.2) is 5.15 Å². The monoisotopic (exact) mass is 264 g/mol. The van der Waals surface area contributed by atoms with Gasteiger partial charge in [-0.05, 0) is 24.6 Å². The van der Waals surface area contributed by atoms with Gasteiger partial charge in [-0.15, -0.1) is 0 Å². The Morgan fingerprint density at radius 1 is 1.44 bits per heavy atom. The number of anilines is 1. The number of pyridine rings is 1. The highest BCUT2D eigenvalue weighted by atomic mass is 35.5. The van der Waals surface area contributed by atoms with Gasteiger partial charge >= 0.3 is 5.63 Å². The van der Waals surface area contributed by atoms with E-state index in [1.54, 1.807) is 12.3 Å². The summed E-state index contributed by atoms with van der Waals surface area (Å²) in [5.74, 6) is -0.423. The third-order valence-corrected chi connectivity index (χ3v) is 2.49. The maximum Gasteiger partial charge on any atom is 0.335 e. The number of nitrogens with zero attached hydrogens (tertiary/aromatic N) is 1. The van der Waals surface area contributed by atoms with Crippen molar-refractivity contribution in [1.29, 1.82) is 0 Å². The molecule has 5 nitrogen and oxygen atoms in total. The number of aryl methyl sites for hydroxylation is 1. The molecule has 0 aliphatic heterocycles. The highest BCUT2D eigenvalue weighted by Gasteiger charge is 2.10. The van der Waals surface area contributed by atoms with Gasteiger partial charge in [-0.1, -0.05) is 11.6 Å². The summed E-state index contributed by atoms with van der Waals surface area (Å²) in [5.41, 5.74) is 0.996. The number of nitrogens with one attached hydrogen (secondary N) is 1. The van der Waals surface area contributed by atoms with Crippen molar-refractivity contribution in [3.63, 3.8) is 0 Å².